The maximum absolute atomic E-state index is 13.4. The highest BCUT2D eigenvalue weighted by molar-refractivity contribution is 5.84. The summed E-state index contributed by atoms with van der Waals surface area (Å²) in [4.78, 5) is 15.9. The van der Waals surface area contributed by atoms with Crippen LogP contribution >= 0.6 is 0 Å². The second kappa shape index (κ2) is 12.4. The number of aromatic hydroxyl groups is 1. The molecule has 6 heteroatoms. The summed E-state index contributed by atoms with van der Waals surface area (Å²) in [6.07, 6.45) is 1.93. The Labute approximate surface area is 270 Å². The quantitative estimate of drug-likeness (QED) is 0.157. The summed E-state index contributed by atoms with van der Waals surface area (Å²) in [6, 6.07) is 16.1. The first-order valence-electron chi connectivity index (χ1n) is 15.9. The smallest absolute Gasteiger partial charge is 0.270 e. The molecule has 0 bridgehead atoms. The molecule has 0 amide bonds. The fraction of sp³-hybridized carbons (Fsp3) is 0.513. The highest BCUT2D eigenvalue weighted by Crippen LogP contribution is 2.43. The molecular formula is C39H54N2O4. The Bertz CT molecular complexity index is 1430. The standard InChI is InChI=1S/C39H54N2O4/c1-14-34(40-24-25-17-32(41(44)45)15-16-33(25)42)39(43,30-20-26(35(2,3)4)18-27(21-30)36(5,6)7)31-22-28(37(8,9)10)19-29(23-31)38(11,12)13/h15-24,34,42-43H,14H2,1-13H3. The predicted molar refractivity (Wildman–Crippen MR) is 187 cm³/mol. The number of non-ortho nitro benzene ring substituents is 1. The van der Waals surface area contributed by atoms with Gasteiger partial charge in [0.15, 0.2) is 0 Å². The second-order valence-corrected chi connectivity index (χ2v) is 16.6. The van der Waals surface area contributed by atoms with Gasteiger partial charge in [-0.3, -0.25) is 15.1 Å². The number of rotatable bonds is 7. The zero-order valence-corrected chi connectivity index (χ0v) is 29.7. The molecule has 0 fully saturated rings. The van der Waals surface area contributed by atoms with Crippen molar-refractivity contribution in [2.75, 3.05) is 0 Å². The van der Waals surface area contributed by atoms with E-state index in [1.807, 2.05) is 6.92 Å². The Hall–Kier alpha value is -3.51. The van der Waals surface area contributed by atoms with Crippen molar-refractivity contribution in [2.24, 2.45) is 4.99 Å². The maximum Gasteiger partial charge on any atom is 0.270 e. The van der Waals surface area contributed by atoms with Crippen LogP contribution < -0.4 is 0 Å². The van der Waals surface area contributed by atoms with Crippen LogP contribution in [0.15, 0.2) is 59.6 Å². The first kappa shape index (κ1) is 36.0. The molecule has 2 N–H and O–H groups in total. The zero-order valence-electron chi connectivity index (χ0n) is 29.7. The molecular weight excluding hydrogens is 560 g/mol. The second-order valence-electron chi connectivity index (χ2n) is 16.6. The summed E-state index contributed by atoms with van der Waals surface area (Å²) in [5, 5.41) is 35.4. The summed E-state index contributed by atoms with van der Waals surface area (Å²) < 4.78 is 0. The van der Waals surface area contributed by atoms with E-state index in [-0.39, 0.29) is 38.7 Å². The van der Waals surface area contributed by atoms with E-state index in [9.17, 15) is 20.3 Å². The minimum atomic E-state index is -1.57. The van der Waals surface area contributed by atoms with Crippen LogP contribution in [0.1, 0.15) is 135 Å². The lowest BCUT2D eigenvalue weighted by atomic mass is 9.71. The molecule has 1 unspecified atom stereocenters. The maximum atomic E-state index is 13.4. The van der Waals surface area contributed by atoms with Crippen molar-refractivity contribution in [3.8, 4) is 5.75 Å². The fourth-order valence-electron chi connectivity index (χ4n) is 5.42. The van der Waals surface area contributed by atoms with Crippen LogP contribution in [0.25, 0.3) is 0 Å². The van der Waals surface area contributed by atoms with Crippen molar-refractivity contribution in [2.45, 2.75) is 130 Å². The number of aliphatic imine (C=N–C) groups is 1. The van der Waals surface area contributed by atoms with Gasteiger partial charge in [-0.05, 0) is 67.5 Å². The van der Waals surface area contributed by atoms with E-state index in [4.69, 9.17) is 4.99 Å². The van der Waals surface area contributed by atoms with Crippen molar-refractivity contribution in [3.05, 3.63) is 104 Å². The number of hydrogen-bond donors (Lipinski definition) is 2. The molecule has 1 atom stereocenters. The molecule has 0 aromatic heterocycles. The van der Waals surface area contributed by atoms with E-state index in [0.717, 1.165) is 33.4 Å². The molecule has 6 nitrogen and oxygen atoms in total. The van der Waals surface area contributed by atoms with Gasteiger partial charge in [0.25, 0.3) is 5.69 Å². The number of nitro benzene ring substituents is 1. The summed E-state index contributed by atoms with van der Waals surface area (Å²) in [5.41, 5.74) is 3.74. The van der Waals surface area contributed by atoms with E-state index in [0.29, 0.717) is 6.42 Å². The van der Waals surface area contributed by atoms with Crippen LogP contribution in [0.3, 0.4) is 0 Å². The van der Waals surface area contributed by atoms with Crippen molar-refractivity contribution < 1.29 is 15.1 Å². The molecule has 0 saturated heterocycles. The van der Waals surface area contributed by atoms with E-state index in [2.05, 4.69) is 119 Å². The molecule has 0 aliphatic carbocycles. The molecule has 0 spiro atoms. The molecule has 0 heterocycles. The Kier molecular flexibility index (Phi) is 9.87. The van der Waals surface area contributed by atoms with Crippen molar-refractivity contribution in [1.29, 1.82) is 0 Å². The predicted octanol–water partition coefficient (Wildman–Crippen LogP) is 9.62. The van der Waals surface area contributed by atoms with Gasteiger partial charge < -0.3 is 10.2 Å². The zero-order chi connectivity index (χ0) is 34.3. The van der Waals surface area contributed by atoms with Crippen molar-refractivity contribution in [1.82, 2.24) is 0 Å². The molecule has 3 aromatic carbocycles. The topological polar surface area (TPSA) is 96.0 Å². The number of aliphatic hydroxyl groups is 1. The summed E-state index contributed by atoms with van der Waals surface area (Å²) in [7, 11) is 0. The summed E-state index contributed by atoms with van der Waals surface area (Å²) in [5.74, 6) is -0.114. The number of nitrogens with zero attached hydrogens (tertiary/aromatic N) is 2. The Morgan fingerprint density at radius 1 is 0.689 bits per heavy atom. The third-order valence-electron chi connectivity index (χ3n) is 8.69. The Morgan fingerprint density at radius 3 is 1.36 bits per heavy atom. The van der Waals surface area contributed by atoms with Gasteiger partial charge in [0.2, 0.25) is 0 Å². The SMILES string of the molecule is CCC(N=Cc1cc([N+](=O)[O-])ccc1O)C(O)(c1cc(C(C)(C)C)cc(C(C)(C)C)c1)c1cc(C(C)(C)C)cc(C(C)(C)C)c1. The molecule has 0 saturated carbocycles. The first-order valence-corrected chi connectivity index (χ1v) is 15.9. The van der Waals surface area contributed by atoms with Gasteiger partial charge in [0.1, 0.15) is 11.4 Å². The molecule has 3 rings (SSSR count). The molecule has 244 valence electrons. The lowest BCUT2D eigenvalue weighted by Gasteiger charge is -2.39. The highest BCUT2D eigenvalue weighted by Gasteiger charge is 2.42. The summed E-state index contributed by atoms with van der Waals surface area (Å²) in [6.45, 7) is 28.1. The van der Waals surface area contributed by atoms with Crippen LogP contribution in [-0.4, -0.2) is 27.4 Å². The first-order chi connectivity index (χ1) is 20.4. The number of phenolic OH excluding ortho intramolecular Hbond substituents is 1. The van der Waals surface area contributed by atoms with Crippen LogP contribution in [0.4, 0.5) is 5.69 Å². The fourth-order valence-corrected chi connectivity index (χ4v) is 5.42. The van der Waals surface area contributed by atoms with Gasteiger partial charge in [-0.25, -0.2) is 0 Å². The minimum Gasteiger partial charge on any atom is -0.507 e. The van der Waals surface area contributed by atoms with E-state index in [1.165, 1.54) is 24.4 Å². The Balaban J connectivity index is 2.48. The third-order valence-corrected chi connectivity index (χ3v) is 8.69. The largest absolute Gasteiger partial charge is 0.507 e. The van der Waals surface area contributed by atoms with E-state index in [1.54, 1.807) is 0 Å². The average Bonchev–Trinajstić information content (AvgIpc) is 2.91. The van der Waals surface area contributed by atoms with Crippen LogP contribution in [0.2, 0.25) is 0 Å². The molecule has 0 radical (unpaired) electrons. The van der Waals surface area contributed by atoms with Crippen molar-refractivity contribution >= 4 is 11.9 Å². The van der Waals surface area contributed by atoms with Gasteiger partial charge in [0.05, 0.1) is 11.0 Å². The average molecular weight is 615 g/mol. The highest BCUT2D eigenvalue weighted by atomic mass is 16.6. The molecule has 45 heavy (non-hydrogen) atoms. The minimum absolute atomic E-state index is 0.114. The van der Waals surface area contributed by atoms with Gasteiger partial charge in [-0.1, -0.05) is 126 Å². The van der Waals surface area contributed by atoms with Crippen LogP contribution in [-0.2, 0) is 27.3 Å². The number of nitro groups is 1. The van der Waals surface area contributed by atoms with Crippen LogP contribution in [0.5, 0.6) is 5.75 Å². The van der Waals surface area contributed by atoms with Crippen LogP contribution in [0, 0.1) is 10.1 Å². The molecule has 0 aliphatic rings. The van der Waals surface area contributed by atoms with Gasteiger partial charge >= 0.3 is 0 Å². The summed E-state index contributed by atoms with van der Waals surface area (Å²) >= 11 is 0. The van der Waals surface area contributed by atoms with E-state index >= 15 is 0 Å². The third kappa shape index (κ3) is 8.02. The van der Waals surface area contributed by atoms with E-state index < -0.39 is 16.6 Å². The van der Waals surface area contributed by atoms with Crippen molar-refractivity contribution in [3.63, 3.8) is 0 Å². The number of benzene rings is 3. The monoisotopic (exact) mass is 614 g/mol. The molecule has 3 aromatic rings. The number of phenols is 1. The van der Waals surface area contributed by atoms with Gasteiger partial charge in [0, 0.05) is 23.9 Å². The molecule has 0 aliphatic heterocycles. The van der Waals surface area contributed by atoms with Gasteiger partial charge in [-0.2, -0.15) is 0 Å². The normalized spacial score (nSPS) is 14.2. The Morgan fingerprint density at radius 2 is 1.04 bits per heavy atom. The number of hydrogen-bond acceptors (Lipinski definition) is 5. The lowest BCUT2D eigenvalue weighted by molar-refractivity contribution is -0.384. The van der Waals surface area contributed by atoms with Gasteiger partial charge in [-0.15, -0.1) is 0 Å². The lowest BCUT2D eigenvalue weighted by Crippen LogP contribution is -2.41.